The molecule has 37 heavy (non-hydrogen) atoms. The van der Waals surface area contributed by atoms with Crippen molar-refractivity contribution in [2.24, 2.45) is 0 Å². The Labute approximate surface area is 218 Å². The summed E-state index contributed by atoms with van der Waals surface area (Å²) in [5, 5.41) is 23.2. The van der Waals surface area contributed by atoms with E-state index in [1.807, 2.05) is 0 Å². The van der Waals surface area contributed by atoms with Gasteiger partial charge in [-0.3, -0.25) is 4.98 Å². The summed E-state index contributed by atoms with van der Waals surface area (Å²) < 4.78 is 35.3. The minimum Gasteiger partial charge on any atom is -0.491 e. The van der Waals surface area contributed by atoms with Crippen LogP contribution in [-0.4, -0.2) is 38.4 Å². The van der Waals surface area contributed by atoms with Crippen molar-refractivity contribution in [3.05, 3.63) is 76.5 Å². The van der Waals surface area contributed by atoms with E-state index >= 15 is 4.39 Å². The third-order valence-corrected chi connectivity index (χ3v) is 6.31. The van der Waals surface area contributed by atoms with E-state index in [9.17, 15) is 9.50 Å². The fourth-order valence-corrected chi connectivity index (χ4v) is 4.13. The Morgan fingerprint density at radius 2 is 1.81 bits per heavy atom. The minimum absolute atomic E-state index is 0.0851. The Morgan fingerprint density at radius 1 is 1.11 bits per heavy atom. The molecule has 0 aliphatic heterocycles. The zero-order valence-electron chi connectivity index (χ0n) is 20.8. The number of hydrogen-bond acceptors (Lipinski definition) is 7. The zero-order valence-corrected chi connectivity index (χ0v) is 21.6. The van der Waals surface area contributed by atoms with Gasteiger partial charge in [-0.25, -0.2) is 18.7 Å². The van der Waals surface area contributed by atoms with E-state index in [1.54, 1.807) is 39.8 Å². The third-order valence-electron chi connectivity index (χ3n) is 5.84. The molecule has 0 amide bonds. The fraction of sp³-hybridized carbons (Fsp3) is 0.296. The number of benzene rings is 2. The number of pyridine rings is 1. The molecule has 0 bridgehead atoms. The lowest BCUT2D eigenvalue weighted by Crippen LogP contribution is -2.19. The number of rotatable bonds is 8. The van der Waals surface area contributed by atoms with Gasteiger partial charge in [0.1, 0.15) is 29.6 Å². The molecular weight excluding hydrogens is 502 g/mol. The average Bonchev–Trinajstić information content (AvgIpc) is 2.85. The van der Waals surface area contributed by atoms with Crippen LogP contribution in [0.4, 0.5) is 14.5 Å². The summed E-state index contributed by atoms with van der Waals surface area (Å²) in [6, 6.07) is 6.68. The molecule has 2 aromatic carbocycles. The van der Waals surface area contributed by atoms with E-state index in [0.29, 0.717) is 44.2 Å². The lowest BCUT2D eigenvalue weighted by molar-refractivity contribution is 0.0687. The van der Waals surface area contributed by atoms with E-state index in [1.165, 1.54) is 30.6 Å². The number of hydrogen-bond donors (Lipinski definition) is 3. The molecule has 0 saturated carbocycles. The number of fused-ring (bicyclic) bond motifs is 1. The summed E-state index contributed by atoms with van der Waals surface area (Å²) in [7, 11) is 0. The largest absolute Gasteiger partial charge is 0.491 e. The second-order valence-electron chi connectivity index (χ2n) is 9.21. The first-order chi connectivity index (χ1) is 17.5. The van der Waals surface area contributed by atoms with Crippen LogP contribution in [0.2, 0.25) is 5.02 Å². The Morgan fingerprint density at radius 3 is 2.46 bits per heavy atom. The monoisotopic (exact) mass is 528 g/mol. The summed E-state index contributed by atoms with van der Waals surface area (Å²) in [5.74, 6) is -0.348. The highest BCUT2D eigenvalue weighted by molar-refractivity contribution is 6.35. The number of halogens is 3. The van der Waals surface area contributed by atoms with Crippen molar-refractivity contribution in [1.82, 2.24) is 15.0 Å². The number of aryl methyl sites for hydroxylation is 1. The predicted molar refractivity (Wildman–Crippen MR) is 139 cm³/mol. The molecule has 4 aromatic rings. The van der Waals surface area contributed by atoms with Gasteiger partial charge in [0.2, 0.25) is 0 Å². The highest BCUT2D eigenvalue weighted by atomic mass is 35.5. The molecule has 194 valence electrons. The van der Waals surface area contributed by atoms with Crippen molar-refractivity contribution in [3.8, 4) is 16.9 Å². The first-order valence-corrected chi connectivity index (χ1v) is 12.0. The Hall–Kier alpha value is -3.40. The standard InChI is InChI=1S/C27H27ClF2N4O3/c1-14(18-9-17(37-8-7-35)5-6-21(18)29)34-25-20-10-19(16-12-31-26(32-13-16)27(3,4)36)22(30)11-23(20)33-15(2)24(25)28/h5-6,9-14,35-36H,7-8H2,1-4H3,(H,33,34). The van der Waals surface area contributed by atoms with Gasteiger partial charge < -0.3 is 20.3 Å². The predicted octanol–water partition coefficient (Wildman–Crippen LogP) is 5.70. The maximum atomic E-state index is 15.2. The summed E-state index contributed by atoms with van der Waals surface area (Å²) in [5.41, 5.74) is 1.03. The van der Waals surface area contributed by atoms with Crippen LogP contribution in [0.15, 0.2) is 42.7 Å². The molecule has 10 heteroatoms. The Bertz CT molecular complexity index is 1440. The van der Waals surface area contributed by atoms with Gasteiger partial charge in [0, 0.05) is 40.5 Å². The van der Waals surface area contributed by atoms with Crippen LogP contribution < -0.4 is 10.1 Å². The molecule has 0 fully saturated rings. The van der Waals surface area contributed by atoms with Crippen LogP contribution in [0, 0.1) is 18.6 Å². The summed E-state index contributed by atoms with van der Waals surface area (Å²) >= 11 is 6.63. The van der Waals surface area contributed by atoms with Gasteiger partial charge in [-0.1, -0.05) is 11.6 Å². The first kappa shape index (κ1) is 26.7. The Balaban J connectivity index is 1.78. The number of aliphatic hydroxyl groups is 2. The van der Waals surface area contributed by atoms with Crippen LogP contribution >= 0.6 is 11.6 Å². The second kappa shape index (κ2) is 10.5. The third kappa shape index (κ3) is 5.64. The topological polar surface area (TPSA) is 100 Å². The number of aromatic nitrogens is 3. The van der Waals surface area contributed by atoms with Crippen LogP contribution in [0.5, 0.6) is 5.75 Å². The molecule has 0 radical (unpaired) electrons. The van der Waals surface area contributed by atoms with E-state index < -0.39 is 23.3 Å². The van der Waals surface area contributed by atoms with Gasteiger partial charge in [0.05, 0.1) is 34.6 Å². The molecule has 0 spiro atoms. The number of aliphatic hydroxyl groups excluding tert-OH is 1. The quantitative estimate of drug-likeness (QED) is 0.269. The van der Waals surface area contributed by atoms with Crippen molar-refractivity contribution in [2.75, 3.05) is 18.5 Å². The molecule has 1 unspecified atom stereocenters. The molecule has 7 nitrogen and oxygen atoms in total. The molecule has 2 aromatic heterocycles. The zero-order chi connectivity index (χ0) is 26.9. The smallest absolute Gasteiger partial charge is 0.159 e. The Kier molecular flexibility index (Phi) is 7.59. The van der Waals surface area contributed by atoms with Gasteiger partial charge in [-0.2, -0.15) is 0 Å². The number of anilines is 1. The number of nitrogens with zero attached hydrogens (tertiary/aromatic N) is 3. The normalized spacial score (nSPS) is 12.6. The van der Waals surface area contributed by atoms with Gasteiger partial charge in [0.15, 0.2) is 5.82 Å². The lowest BCUT2D eigenvalue weighted by Gasteiger charge is -2.21. The fourth-order valence-electron chi connectivity index (χ4n) is 3.93. The van der Waals surface area contributed by atoms with Crippen LogP contribution in [-0.2, 0) is 5.60 Å². The van der Waals surface area contributed by atoms with Gasteiger partial charge >= 0.3 is 0 Å². The molecule has 3 N–H and O–H groups in total. The maximum absolute atomic E-state index is 15.2. The highest BCUT2D eigenvalue weighted by Crippen LogP contribution is 2.38. The molecule has 0 aliphatic rings. The maximum Gasteiger partial charge on any atom is 0.159 e. The minimum atomic E-state index is -1.24. The van der Waals surface area contributed by atoms with Crippen LogP contribution in [0.25, 0.3) is 22.0 Å². The van der Waals surface area contributed by atoms with Gasteiger partial charge in [-0.15, -0.1) is 0 Å². The van der Waals surface area contributed by atoms with Crippen molar-refractivity contribution in [3.63, 3.8) is 0 Å². The summed E-state index contributed by atoms with van der Waals surface area (Å²) in [4.78, 5) is 12.8. The molecule has 1 atom stereocenters. The van der Waals surface area contributed by atoms with Gasteiger partial charge in [-0.05, 0) is 52.0 Å². The summed E-state index contributed by atoms with van der Waals surface area (Å²) in [6.07, 6.45) is 2.88. The lowest BCUT2D eigenvalue weighted by atomic mass is 10.0. The van der Waals surface area contributed by atoms with E-state index in [0.717, 1.165) is 0 Å². The van der Waals surface area contributed by atoms with Crippen molar-refractivity contribution >= 4 is 28.2 Å². The van der Waals surface area contributed by atoms with Crippen LogP contribution in [0.1, 0.15) is 43.9 Å². The van der Waals surface area contributed by atoms with E-state index in [2.05, 4.69) is 20.3 Å². The van der Waals surface area contributed by atoms with Crippen molar-refractivity contribution in [1.29, 1.82) is 0 Å². The molecule has 0 saturated heterocycles. The van der Waals surface area contributed by atoms with E-state index in [4.69, 9.17) is 21.4 Å². The average molecular weight is 529 g/mol. The molecule has 0 aliphatic carbocycles. The van der Waals surface area contributed by atoms with Crippen molar-refractivity contribution < 1.29 is 23.7 Å². The molecule has 2 heterocycles. The SMILES string of the molecule is Cc1nc2cc(F)c(-c3cnc(C(C)(C)O)nc3)cc2c(NC(C)c2cc(OCCO)ccc2F)c1Cl. The second-order valence-corrected chi connectivity index (χ2v) is 9.59. The first-order valence-electron chi connectivity index (χ1n) is 11.6. The number of ether oxygens (including phenoxy) is 1. The van der Waals surface area contributed by atoms with Crippen LogP contribution in [0.3, 0.4) is 0 Å². The van der Waals surface area contributed by atoms with E-state index in [-0.39, 0.29) is 24.6 Å². The van der Waals surface area contributed by atoms with Crippen molar-refractivity contribution in [2.45, 2.75) is 39.3 Å². The molecular formula is C27H27ClF2N4O3. The molecule has 4 rings (SSSR count). The highest BCUT2D eigenvalue weighted by Gasteiger charge is 2.22. The van der Waals surface area contributed by atoms with Gasteiger partial charge in [0.25, 0.3) is 0 Å². The number of nitrogens with one attached hydrogen (secondary N) is 1. The summed E-state index contributed by atoms with van der Waals surface area (Å²) in [6.45, 7) is 6.51.